The van der Waals surface area contributed by atoms with Gasteiger partial charge in [-0.3, -0.25) is 9.88 Å². The van der Waals surface area contributed by atoms with E-state index >= 15 is 0 Å². The van der Waals surface area contributed by atoms with Gasteiger partial charge in [0.1, 0.15) is 11.5 Å². The van der Waals surface area contributed by atoms with Crippen LogP contribution in [-0.2, 0) is 29.7 Å². The summed E-state index contributed by atoms with van der Waals surface area (Å²) in [5.41, 5.74) is 3.54. The van der Waals surface area contributed by atoms with Crippen LogP contribution in [0.4, 0.5) is 0 Å². The van der Waals surface area contributed by atoms with E-state index in [2.05, 4.69) is 5.32 Å². The summed E-state index contributed by atoms with van der Waals surface area (Å²) in [6.07, 6.45) is 1.93. The maximum absolute atomic E-state index is 14.1. The van der Waals surface area contributed by atoms with Crippen molar-refractivity contribution in [2.24, 2.45) is 0 Å². The van der Waals surface area contributed by atoms with Gasteiger partial charge in [-0.15, -0.1) is 11.3 Å². The third-order valence-corrected chi connectivity index (χ3v) is 8.48. The van der Waals surface area contributed by atoms with Crippen molar-refractivity contribution in [1.82, 2.24) is 15.1 Å². The van der Waals surface area contributed by atoms with Crippen LogP contribution >= 0.6 is 18.9 Å². The lowest BCUT2D eigenvalue weighted by Gasteiger charge is -2.27. The molecule has 0 aliphatic carbocycles. The van der Waals surface area contributed by atoms with Gasteiger partial charge in [0.25, 0.3) is 0 Å². The van der Waals surface area contributed by atoms with E-state index in [1.165, 1.54) is 0 Å². The van der Waals surface area contributed by atoms with Crippen molar-refractivity contribution in [3.05, 3.63) is 95.5 Å². The number of carbonyl (C=O) groups is 2. The van der Waals surface area contributed by atoms with Gasteiger partial charge >= 0.3 is 19.5 Å². The number of carboxylic acids is 2. The van der Waals surface area contributed by atoms with Crippen LogP contribution < -0.4 is 5.32 Å². The van der Waals surface area contributed by atoms with Gasteiger partial charge in [0, 0.05) is 18.3 Å². The second-order valence-corrected chi connectivity index (χ2v) is 11.0. The molecular formula is C27H30N3O7PS. The van der Waals surface area contributed by atoms with Gasteiger partial charge in [-0.2, -0.15) is 5.10 Å². The van der Waals surface area contributed by atoms with E-state index in [1.807, 2.05) is 103 Å². The Morgan fingerprint density at radius 1 is 0.949 bits per heavy atom. The fraction of sp³-hybridized carbons (Fsp3) is 0.222. The fourth-order valence-corrected chi connectivity index (χ4v) is 6.32. The molecule has 0 aliphatic heterocycles. The van der Waals surface area contributed by atoms with Gasteiger partial charge in [0.2, 0.25) is 0 Å². The Kier molecular flexibility index (Phi) is 11.2. The molecule has 0 saturated heterocycles. The summed E-state index contributed by atoms with van der Waals surface area (Å²) in [7, 11) is -3.56. The molecule has 0 radical (unpaired) electrons. The number of rotatable bonds is 11. The first-order chi connectivity index (χ1) is 18.8. The van der Waals surface area contributed by atoms with Crippen LogP contribution in [0.2, 0.25) is 0 Å². The van der Waals surface area contributed by atoms with Crippen LogP contribution in [0, 0.1) is 0 Å². The largest absolute Gasteiger partial charge is 0.473 e. The number of hydrogen-bond donors (Lipinski definition) is 3. The number of para-hydroxylation sites is 1. The molecule has 10 nitrogen and oxygen atoms in total. The van der Waals surface area contributed by atoms with Crippen molar-refractivity contribution < 1.29 is 33.4 Å². The summed E-state index contributed by atoms with van der Waals surface area (Å²) in [5, 5.41) is 25.1. The lowest BCUT2D eigenvalue weighted by atomic mass is 10.2. The number of nitrogens with one attached hydrogen (secondary N) is 1. The van der Waals surface area contributed by atoms with E-state index in [0.29, 0.717) is 6.54 Å². The molecule has 2 heterocycles. The molecule has 1 unspecified atom stereocenters. The number of aromatic nitrogens is 2. The highest BCUT2D eigenvalue weighted by Gasteiger charge is 2.39. The summed E-state index contributed by atoms with van der Waals surface area (Å²) in [5.74, 6) is -4.34. The summed E-state index contributed by atoms with van der Waals surface area (Å²) < 4.78 is 27.5. The molecule has 2 aromatic heterocycles. The molecule has 0 amide bonds. The first kappa shape index (κ1) is 29.9. The predicted octanol–water partition coefficient (Wildman–Crippen LogP) is 5.81. The highest BCUT2D eigenvalue weighted by atomic mass is 32.1. The van der Waals surface area contributed by atoms with Crippen molar-refractivity contribution in [3.8, 4) is 16.3 Å². The zero-order valence-electron chi connectivity index (χ0n) is 21.5. The number of nitrogens with zero attached hydrogens (tertiary/aromatic N) is 2. The SMILES string of the molecule is CCOP(=O)(OCC)C(NCc1ccccc1)c1cn(-c2ccccc2)nc1-c1cccs1.O=C(O)C(=O)O. The Morgan fingerprint density at radius 3 is 2.05 bits per heavy atom. The molecule has 0 bridgehead atoms. The average molecular weight is 572 g/mol. The molecule has 3 N–H and O–H groups in total. The van der Waals surface area contributed by atoms with E-state index in [-0.39, 0.29) is 13.2 Å². The minimum atomic E-state index is -3.56. The first-order valence-electron chi connectivity index (χ1n) is 12.1. The van der Waals surface area contributed by atoms with Gasteiger partial charge in [0.15, 0.2) is 0 Å². The van der Waals surface area contributed by atoms with Crippen LogP contribution in [0.25, 0.3) is 16.3 Å². The first-order valence-corrected chi connectivity index (χ1v) is 14.6. The zero-order valence-corrected chi connectivity index (χ0v) is 23.2. The van der Waals surface area contributed by atoms with Crippen LogP contribution in [0.1, 0.15) is 30.8 Å². The van der Waals surface area contributed by atoms with Crippen molar-refractivity contribution >= 4 is 30.9 Å². The quantitative estimate of drug-likeness (QED) is 0.150. The monoisotopic (exact) mass is 571 g/mol. The van der Waals surface area contributed by atoms with Crippen LogP contribution in [0.15, 0.2) is 84.4 Å². The normalized spacial score (nSPS) is 11.8. The molecule has 0 spiro atoms. The third-order valence-electron chi connectivity index (χ3n) is 5.27. The summed E-state index contributed by atoms with van der Waals surface area (Å²) in [6.45, 7) is 4.72. The van der Waals surface area contributed by atoms with Crippen molar-refractivity contribution in [2.45, 2.75) is 26.2 Å². The molecule has 0 saturated carbocycles. The highest BCUT2D eigenvalue weighted by molar-refractivity contribution is 7.54. The van der Waals surface area contributed by atoms with Crippen molar-refractivity contribution in [3.63, 3.8) is 0 Å². The molecule has 2 aromatic carbocycles. The van der Waals surface area contributed by atoms with E-state index in [1.54, 1.807) is 11.3 Å². The molecule has 4 aromatic rings. The van der Waals surface area contributed by atoms with Crippen LogP contribution in [0.3, 0.4) is 0 Å². The van der Waals surface area contributed by atoms with Crippen molar-refractivity contribution in [2.75, 3.05) is 13.2 Å². The average Bonchev–Trinajstić information content (AvgIpc) is 3.61. The van der Waals surface area contributed by atoms with Gasteiger partial charge in [-0.25, -0.2) is 14.3 Å². The molecule has 39 heavy (non-hydrogen) atoms. The van der Waals surface area contributed by atoms with Gasteiger partial charge in [0.05, 0.1) is 23.8 Å². The maximum Gasteiger partial charge on any atom is 0.414 e. The van der Waals surface area contributed by atoms with E-state index in [0.717, 1.165) is 27.4 Å². The molecule has 206 valence electrons. The number of carboxylic acid groups (broad SMARTS) is 2. The lowest BCUT2D eigenvalue weighted by molar-refractivity contribution is -0.159. The molecular weight excluding hydrogens is 541 g/mol. The molecule has 12 heteroatoms. The number of aliphatic carboxylic acids is 2. The van der Waals surface area contributed by atoms with Gasteiger partial charge in [-0.05, 0) is 43.0 Å². The lowest BCUT2D eigenvalue weighted by Crippen LogP contribution is -2.23. The Labute approximate surface area is 230 Å². The summed E-state index contributed by atoms with van der Waals surface area (Å²) >= 11 is 1.59. The van der Waals surface area contributed by atoms with Crippen molar-refractivity contribution in [1.29, 1.82) is 0 Å². The molecule has 0 aliphatic rings. The Hall–Kier alpha value is -3.60. The maximum atomic E-state index is 14.1. The minimum Gasteiger partial charge on any atom is -0.473 e. The van der Waals surface area contributed by atoms with Crippen LogP contribution in [-0.4, -0.2) is 45.1 Å². The molecule has 1 atom stereocenters. The standard InChI is InChI=1S/C25H28N3O3PS.C2H2O4/c1-3-30-32(29,31-4-2)25(26-18-20-12-7-5-8-13-20)22-19-28(21-14-9-6-10-15-21)27-24(22)23-16-11-17-33-23;3-1(4)2(5)6/h5-17,19,25-26H,3-4,18H2,1-2H3;(H,3,4)(H,5,6). The predicted molar refractivity (Wildman–Crippen MR) is 149 cm³/mol. The van der Waals surface area contributed by atoms with Crippen LogP contribution in [0.5, 0.6) is 0 Å². The third kappa shape index (κ3) is 8.19. The van der Waals surface area contributed by atoms with E-state index in [4.69, 9.17) is 33.9 Å². The minimum absolute atomic E-state index is 0.280. The summed E-state index contributed by atoms with van der Waals surface area (Å²) in [4.78, 5) is 19.2. The Morgan fingerprint density at radius 2 is 1.54 bits per heavy atom. The number of benzene rings is 2. The van der Waals surface area contributed by atoms with Gasteiger partial charge in [-0.1, -0.05) is 54.6 Å². The molecule has 0 fully saturated rings. The second-order valence-electron chi connectivity index (χ2n) is 7.95. The summed E-state index contributed by atoms with van der Waals surface area (Å²) in [6, 6.07) is 23.9. The molecule has 4 rings (SSSR count). The number of hydrogen-bond acceptors (Lipinski definition) is 8. The smallest absolute Gasteiger partial charge is 0.414 e. The second kappa shape index (κ2) is 14.5. The van der Waals surface area contributed by atoms with E-state index < -0.39 is 25.3 Å². The van der Waals surface area contributed by atoms with E-state index in [9.17, 15) is 4.57 Å². The van der Waals surface area contributed by atoms with Gasteiger partial charge < -0.3 is 19.3 Å². The Balaban J connectivity index is 0.000000631. The topological polar surface area (TPSA) is 140 Å². The Bertz CT molecular complexity index is 1360. The highest BCUT2D eigenvalue weighted by Crippen LogP contribution is 2.61. The fourth-order valence-electron chi connectivity index (χ4n) is 3.65. The zero-order chi connectivity index (χ0) is 28.3. The number of thiophene rings is 1.